The average molecular weight is 617 g/mol. The Balaban J connectivity index is 0. The molecular weight excluding hydrogens is 593 g/mol. The molecule has 0 saturated heterocycles. The molecule has 0 amide bonds. The van der Waals surface area contributed by atoms with Crippen molar-refractivity contribution < 1.29 is 97.3 Å². The molecule has 8 N–H and O–H groups in total. The van der Waals surface area contributed by atoms with Gasteiger partial charge in [-0.05, 0) is 25.9 Å². The monoisotopic (exact) mass is 617 g/mol. The largest absolute Gasteiger partial charge is 0.339 e. The van der Waals surface area contributed by atoms with Crippen LogP contribution in [0.1, 0.15) is 12.8 Å². The van der Waals surface area contributed by atoms with Crippen LogP contribution in [0.25, 0.3) is 0 Å². The molecule has 0 aromatic heterocycles. The van der Waals surface area contributed by atoms with E-state index in [9.17, 15) is 18.3 Å². The molecule has 0 aliphatic rings. The molecule has 0 atom stereocenters. The van der Waals surface area contributed by atoms with E-state index in [1.807, 2.05) is 0 Å². The molecule has 0 aromatic rings. The Bertz CT molecular complexity index is 523. The molecular formula is C8H24GdN2O12P4. The topological polar surface area (TPSA) is 237 Å². The van der Waals surface area contributed by atoms with E-state index < -0.39 is 55.5 Å². The molecule has 0 unspecified atom stereocenters. The van der Waals surface area contributed by atoms with Crippen molar-refractivity contribution in [1.82, 2.24) is 9.80 Å². The molecule has 0 aliphatic carbocycles. The van der Waals surface area contributed by atoms with E-state index in [1.54, 1.807) is 0 Å². The van der Waals surface area contributed by atoms with Crippen molar-refractivity contribution in [2.45, 2.75) is 12.8 Å². The molecule has 0 saturated carbocycles. The van der Waals surface area contributed by atoms with Crippen LogP contribution in [0.15, 0.2) is 0 Å². The van der Waals surface area contributed by atoms with Gasteiger partial charge in [0.2, 0.25) is 0 Å². The summed E-state index contributed by atoms with van der Waals surface area (Å²) >= 11 is 0. The van der Waals surface area contributed by atoms with Crippen molar-refractivity contribution >= 4 is 30.4 Å². The standard InChI is InChI=1S/C8H24N2O12P4.Gd/c11-23(12,13)5-9(6-24(14,15)16)3-1-2-4-10(7-25(17,18)19)8-26(20,21)22;/h1-8H2,(H2,11,12,13)(H2,14,15,16)(H2,17,18,19)(H2,20,21,22);/i;1-4. The van der Waals surface area contributed by atoms with Crippen LogP contribution < -0.4 is 0 Å². The minimum absolute atomic E-state index is 0. The van der Waals surface area contributed by atoms with Crippen LogP contribution in [0.3, 0.4) is 0 Å². The van der Waals surface area contributed by atoms with Gasteiger partial charge >= 0.3 is 30.4 Å². The summed E-state index contributed by atoms with van der Waals surface area (Å²) in [7, 11) is -18.3. The summed E-state index contributed by atoms with van der Waals surface area (Å²) in [6, 6.07) is 0. The molecule has 0 fully saturated rings. The van der Waals surface area contributed by atoms with E-state index >= 15 is 0 Å². The third-order valence-corrected chi connectivity index (χ3v) is 5.81. The molecule has 0 aliphatic heterocycles. The normalized spacial score (nSPS) is 13.9. The zero-order valence-electron chi connectivity index (χ0n) is 13.9. The Morgan fingerprint density at radius 1 is 0.481 bits per heavy atom. The van der Waals surface area contributed by atoms with Crippen LogP contribution in [0.2, 0.25) is 0 Å². The summed E-state index contributed by atoms with van der Waals surface area (Å²) in [5.74, 6) is 0. The maximum absolute atomic E-state index is 11.0. The van der Waals surface area contributed by atoms with Crippen molar-refractivity contribution in [3.8, 4) is 0 Å². The third kappa shape index (κ3) is 22.4. The molecule has 14 nitrogen and oxygen atoms in total. The van der Waals surface area contributed by atoms with Gasteiger partial charge in [-0.2, -0.15) is 0 Å². The SMILES string of the molecule is O=P(O)(O)CN(CCCCN(CP(=O)(O)O)CP(=O)(O)O)CP(=O)(O)O.[153Gd]. The number of hydrogen-bond donors (Lipinski definition) is 8. The molecule has 19 heteroatoms. The van der Waals surface area contributed by atoms with Gasteiger partial charge in [-0.25, -0.2) is 0 Å². The number of hydrogen-bond acceptors (Lipinski definition) is 6. The van der Waals surface area contributed by atoms with Crippen LogP contribution in [-0.4, -0.2) is 87.2 Å². The summed E-state index contributed by atoms with van der Waals surface area (Å²) in [6.07, 6.45) is -3.31. The Morgan fingerprint density at radius 3 is 0.815 bits per heavy atom. The van der Waals surface area contributed by atoms with E-state index in [2.05, 4.69) is 0 Å². The fraction of sp³-hybridized carbons (Fsp3) is 1.00. The van der Waals surface area contributed by atoms with Gasteiger partial charge < -0.3 is 39.1 Å². The fourth-order valence-corrected chi connectivity index (χ4v) is 5.45. The van der Waals surface area contributed by atoms with E-state index in [4.69, 9.17) is 39.1 Å². The molecule has 0 radical (unpaired) electrons. The van der Waals surface area contributed by atoms with Gasteiger partial charge in [0, 0.05) is 39.9 Å². The van der Waals surface area contributed by atoms with Gasteiger partial charge in [-0.3, -0.25) is 28.1 Å². The maximum atomic E-state index is 11.0. The molecule has 0 spiro atoms. The fourth-order valence-electron chi connectivity index (χ4n) is 2.09. The molecule has 166 valence electrons. The van der Waals surface area contributed by atoms with Crippen LogP contribution in [0.4, 0.5) is 0 Å². The smallest absolute Gasteiger partial charge is 0.324 e. The summed E-state index contributed by atoms with van der Waals surface area (Å²) in [6.45, 7) is -0.286. The summed E-state index contributed by atoms with van der Waals surface area (Å²) in [4.78, 5) is 73.1. The summed E-state index contributed by atoms with van der Waals surface area (Å²) < 4.78 is 44.0. The first kappa shape index (κ1) is 31.0. The molecule has 27 heavy (non-hydrogen) atoms. The van der Waals surface area contributed by atoms with Crippen LogP contribution in [0, 0.1) is 39.9 Å². The number of rotatable bonds is 13. The van der Waals surface area contributed by atoms with Gasteiger partial charge in [0.25, 0.3) is 0 Å². The second-order valence-corrected chi connectivity index (χ2v) is 12.2. The Labute approximate surface area is 187 Å². The van der Waals surface area contributed by atoms with Crippen molar-refractivity contribution in [2.75, 3.05) is 38.2 Å². The van der Waals surface area contributed by atoms with Gasteiger partial charge in [0.05, 0.1) is 0 Å². The van der Waals surface area contributed by atoms with Crippen molar-refractivity contribution in [1.29, 1.82) is 0 Å². The Morgan fingerprint density at radius 2 is 0.667 bits per heavy atom. The van der Waals surface area contributed by atoms with Crippen molar-refractivity contribution in [3.63, 3.8) is 0 Å². The first-order valence-corrected chi connectivity index (χ1v) is 14.2. The number of nitrogens with zero attached hydrogens (tertiary/aromatic N) is 2. The Kier molecular flexibility index (Phi) is 14.5. The zero-order chi connectivity index (χ0) is 20.8. The first-order chi connectivity index (χ1) is 11.4. The maximum Gasteiger partial charge on any atom is 0.339 e. The van der Waals surface area contributed by atoms with E-state index in [-0.39, 0.29) is 65.9 Å². The van der Waals surface area contributed by atoms with Crippen molar-refractivity contribution in [3.05, 3.63) is 0 Å². The van der Waals surface area contributed by atoms with E-state index in [1.165, 1.54) is 0 Å². The van der Waals surface area contributed by atoms with Gasteiger partial charge in [0.15, 0.2) is 0 Å². The molecule has 0 aromatic carbocycles. The minimum Gasteiger partial charge on any atom is -0.324 e. The Hall–Kier alpha value is 1.84. The van der Waals surface area contributed by atoms with Crippen LogP contribution in [0.5, 0.6) is 0 Å². The van der Waals surface area contributed by atoms with E-state index in [0.29, 0.717) is 0 Å². The average Bonchev–Trinajstić information content (AvgIpc) is 2.25. The molecule has 0 rings (SSSR count). The van der Waals surface area contributed by atoms with Crippen molar-refractivity contribution in [2.24, 2.45) is 0 Å². The molecule has 0 bridgehead atoms. The second-order valence-electron chi connectivity index (χ2n) is 5.72. The quantitative estimate of drug-likeness (QED) is 0.0907. The van der Waals surface area contributed by atoms with E-state index in [0.717, 1.165) is 9.80 Å². The second kappa shape index (κ2) is 12.6. The van der Waals surface area contributed by atoms with Gasteiger partial charge in [-0.1, -0.05) is 0 Å². The predicted molar refractivity (Wildman–Crippen MR) is 90.3 cm³/mol. The third-order valence-electron chi connectivity index (χ3n) is 2.74. The molecule has 0 heterocycles. The minimum atomic E-state index is -4.57. The number of unbranched alkanes of at least 4 members (excludes halogenated alkanes) is 1. The van der Waals surface area contributed by atoms with Gasteiger partial charge in [0.1, 0.15) is 25.1 Å². The van der Waals surface area contributed by atoms with Crippen LogP contribution in [-0.2, 0) is 18.3 Å². The predicted octanol–water partition coefficient (Wildman–Crippen LogP) is -1.09. The van der Waals surface area contributed by atoms with Crippen LogP contribution >= 0.6 is 30.4 Å². The first-order valence-electron chi connectivity index (χ1n) is 6.99. The summed E-state index contributed by atoms with van der Waals surface area (Å²) in [5, 5.41) is 0. The van der Waals surface area contributed by atoms with Gasteiger partial charge in [-0.15, -0.1) is 0 Å². The zero-order valence-corrected chi connectivity index (χ0v) is 19.8. The summed E-state index contributed by atoms with van der Waals surface area (Å²) in [5.41, 5.74) is 0.